The lowest BCUT2D eigenvalue weighted by atomic mass is 9.97. The summed E-state index contributed by atoms with van der Waals surface area (Å²) in [6.45, 7) is 4.53. The van der Waals surface area contributed by atoms with E-state index in [9.17, 15) is 0 Å². The lowest BCUT2D eigenvalue weighted by molar-refractivity contribution is 0.693. The van der Waals surface area contributed by atoms with Gasteiger partial charge in [-0.2, -0.15) is 0 Å². The van der Waals surface area contributed by atoms with Gasteiger partial charge in [-0.05, 0) is 30.6 Å². The van der Waals surface area contributed by atoms with Crippen LogP contribution in [0, 0.1) is 17.8 Å². The smallest absolute Gasteiger partial charge is 0.00172 e. The van der Waals surface area contributed by atoms with Gasteiger partial charge in [0.1, 0.15) is 0 Å². The Kier molecular flexibility index (Phi) is 1.63. The Morgan fingerprint density at radius 1 is 1.45 bits per heavy atom. The number of hydrogen-bond acceptors (Lipinski definition) is 0. The van der Waals surface area contributed by atoms with Crippen molar-refractivity contribution in [2.75, 3.05) is 0 Å². The minimum Gasteiger partial charge on any atom is -0.0845 e. The quantitative estimate of drug-likeness (QED) is 0.501. The largest absolute Gasteiger partial charge is 0.0845 e. The molecule has 0 nitrogen and oxygen atoms in total. The van der Waals surface area contributed by atoms with Crippen molar-refractivity contribution < 1.29 is 0 Å². The molecule has 0 spiro atoms. The van der Waals surface area contributed by atoms with Crippen molar-refractivity contribution in [1.29, 1.82) is 0 Å². The number of hydrogen-bond donors (Lipinski definition) is 0. The Bertz CT molecular complexity index is 208. The van der Waals surface area contributed by atoms with E-state index in [1.807, 2.05) is 0 Å². The van der Waals surface area contributed by atoms with E-state index in [0.717, 1.165) is 17.8 Å². The number of rotatable bonds is 1. The molecule has 0 saturated heterocycles. The van der Waals surface area contributed by atoms with Gasteiger partial charge in [0.2, 0.25) is 0 Å². The monoisotopic (exact) mass is 148 g/mol. The minimum absolute atomic E-state index is 0.734. The first-order chi connectivity index (χ1) is 5.25. The molecule has 0 radical (unpaired) electrons. The molecule has 2 aliphatic rings. The van der Waals surface area contributed by atoms with Gasteiger partial charge in [0.15, 0.2) is 0 Å². The van der Waals surface area contributed by atoms with Gasteiger partial charge in [-0.15, -0.1) is 0 Å². The van der Waals surface area contributed by atoms with Crippen molar-refractivity contribution in [2.45, 2.75) is 26.7 Å². The van der Waals surface area contributed by atoms with Crippen molar-refractivity contribution in [3.63, 3.8) is 0 Å². The first-order valence-corrected chi connectivity index (χ1v) is 4.64. The van der Waals surface area contributed by atoms with Gasteiger partial charge < -0.3 is 0 Å². The summed E-state index contributed by atoms with van der Waals surface area (Å²) in [5.74, 6) is 2.45. The lowest BCUT2D eigenvalue weighted by Gasteiger charge is -2.09. The van der Waals surface area contributed by atoms with Crippen LogP contribution >= 0.6 is 0 Å². The van der Waals surface area contributed by atoms with Crippen LogP contribution in [-0.2, 0) is 0 Å². The number of allylic oxidation sites excluding steroid dienone is 4. The fraction of sp³-hybridized carbons (Fsp3) is 0.636. The fourth-order valence-corrected chi connectivity index (χ4v) is 2.27. The topological polar surface area (TPSA) is 0 Å². The molecule has 0 heteroatoms. The third-order valence-corrected chi connectivity index (χ3v) is 2.69. The predicted molar refractivity (Wildman–Crippen MR) is 48.3 cm³/mol. The van der Waals surface area contributed by atoms with Gasteiger partial charge >= 0.3 is 0 Å². The predicted octanol–water partition coefficient (Wildman–Crippen LogP) is 3.16. The molecule has 0 aromatic carbocycles. The average molecular weight is 148 g/mol. The molecule has 11 heavy (non-hydrogen) atoms. The maximum atomic E-state index is 2.45. The van der Waals surface area contributed by atoms with Crippen LogP contribution in [0.4, 0.5) is 0 Å². The standard InChI is InChI=1S/C11H16/c1-8(2)5-11-7-9-3-4-10(11)6-9/h3-5,8-10H,6-7H2,1-2H3. The van der Waals surface area contributed by atoms with E-state index >= 15 is 0 Å². The van der Waals surface area contributed by atoms with Gasteiger partial charge in [0, 0.05) is 0 Å². The minimum atomic E-state index is 0.734. The molecule has 2 atom stereocenters. The first-order valence-electron chi connectivity index (χ1n) is 4.64. The second-order valence-electron chi connectivity index (χ2n) is 4.18. The van der Waals surface area contributed by atoms with Crippen LogP contribution in [0.2, 0.25) is 0 Å². The van der Waals surface area contributed by atoms with Crippen LogP contribution in [0.5, 0.6) is 0 Å². The summed E-state index contributed by atoms with van der Waals surface area (Å²) in [7, 11) is 0. The molecule has 2 rings (SSSR count). The SMILES string of the molecule is CC(C)C=C1CC2C=CC1C2. The second kappa shape index (κ2) is 2.51. The molecule has 2 unspecified atom stereocenters. The molecule has 0 aromatic heterocycles. The van der Waals surface area contributed by atoms with E-state index in [4.69, 9.17) is 0 Å². The van der Waals surface area contributed by atoms with E-state index in [0.29, 0.717) is 0 Å². The highest BCUT2D eigenvalue weighted by Gasteiger charge is 2.30. The lowest BCUT2D eigenvalue weighted by Crippen LogP contribution is -1.94. The van der Waals surface area contributed by atoms with Crippen LogP contribution in [0.1, 0.15) is 26.7 Å². The summed E-state index contributed by atoms with van der Waals surface area (Å²) in [5.41, 5.74) is 1.70. The molecule has 2 bridgehead atoms. The molecule has 0 heterocycles. The Morgan fingerprint density at radius 3 is 2.73 bits per heavy atom. The molecule has 0 N–H and O–H groups in total. The zero-order valence-electron chi connectivity index (χ0n) is 7.38. The van der Waals surface area contributed by atoms with Gasteiger partial charge in [-0.3, -0.25) is 0 Å². The van der Waals surface area contributed by atoms with Gasteiger partial charge in [0.25, 0.3) is 0 Å². The van der Waals surface area contributed by atoms with Gasteiger partial charge in [-0.1, -0.05) is 37.6 Å². The van der Waals surface area contributed by atoms with Crippen molar-refractivity contribution in [2.24, 2.45) is 17.8 Å². The maximum Gasteiger partial charge on any atom is -0.00172 e. The average Bonchev–Trinajstić information content (AvgIpc) is 2.45. The van der Waals surface area contributed by atoms with Crippen molar-refractivity contribution in [1.82, 2.24) is 0 Å². The van der Waals surface area contributed by atoms with Crippen molar-refractivity contribution >= 4 is 0 Å². The van der Waals surface area contributed by atoms with E-state index in [2.05, 4.69) is 32.1 Å². The summed E-state index contributed by atoms with van der Waals surface area (Å²) in [6, 6.07) is 0. The van der Waals surface area contributed by atoms with Crippen LogP contribution in [0.25, 0.3) is 0 Å². The third kappa shape index (κ3) is 1.26. The van der Waals surface area contributed by atoms with E-state index in [1.165, 1.54) is 12.8 Å². The van der Waals surface area contributed by atoms with Crippen LogP contribution in [0.3, 0.4) is 0 Å². The summed E-state index contributed by atoms with van der Waals surface area (Å²) in [5, 5.41) is 0. The normalized spacial score (nSPS) is 37.9. The van der Waals surface area contributed by atoms with Crippen LogP contribution in [0.15, 0.2) is 23.8 Å². The first kappa shape index (κ1) is 7.15. The van der Waals surface area contributed by atoms with E-state index in [1.54, 1.807) is 5.57 Å². The summed E-state index contributed by atoms with van der Waals surface area (Å²) in [4.78, 5) is 0. The Labute approximate surface area is 69.0 Å². The Morgan fingerprint density at radius 2 is 2.27 bits per heavy atom. The van der Waals surface area contributed by atoms with Crippen molar-refractivity contribution in [3.8, 4) is 0 Å². The Balaban J connectivity index is 2.14. The zero-order valence-corrected chi connectivity index (χ0v) is 7.38. The zero-order chi connectivity index (χ0) is 7.84. The molecule has 2 aliphatic carbocycles. The summed E-state index contributed by atoms with van der Waals surface area (Å²) < 4.78 is 0. The molecule has 1 fully saturated rings. The second-order valence-corrected chi connectivity index (χ2v) is 4.18. The van der Waals surface area contributed by atoms with Crippen molar-refractivity contribution in [3.05, 3.63) is 23.8 Å². The summed E-state index contributed by atoms with van der Waals surface area (Å²) >= 11 is 0. The highest BCUT2D eigenvalue weighted by molar-refractivity contribution is 5.27. The van der Waals surface area contributed by atoms with E-state index in [-0.39, 0.29) is 0 Å². The molecular weight excluding hydrogens is 132 g/mol. The fourth-order valence-electron chi connectivity index (χ4n) is 2.27. The van der Waals surface area contributed by atoms with E-state index < -0.39 is 0 Å². The molecule has 0 amide bonds. The third-order valence-electron chi connectivity index (χ3n) is 2.69. The van der Waals surface area contributed by atoms with Crippen LogP contribution in [-0.4, -0.2) is 0 Å². The maximum absolute atomic E-state index is 2.45. The molecule has 1 saturated carbocycles. The Hall–Kier alpha value is -0.520. The highest BCUT2D eigenvalue weighted by atomic mass is 14.3. The van der Waals surface area contributed by atoms with Gasteiger partial charge in [0.05, 0.1) is 0 Å². The molecule has 60 valence electrons. The summed E-state index contributed by atoms with van der Waals surface area (Å²) in [6.07, 6.45) is 9.98. The molecular formula is C11H16. The highest BCUT2D eigenvalue weighted by Crippen LogP contribution is 2.43. The molecule has 0 aromatic rings. The van der Waals surface area contributed by atoms with Crippen LogP contribution < -0.4 is 0 Å². The number of fused-ring (bicyclic) bond motifs is 2. The van der Waals surface area contributed by atoms with Gasteiger partial charge in [-0.25, -0.2) is 0 Å². The molecule has 0 aliphatic heterocycles.